The summed E-state index contributed by atoms with van der Waals surface area (Å²) in [4.78, 5) is 0. The summed E-state index contributed by atoms with van der Waals surface area (Å²) in [6.45, 7) is 19.5. The second-order valence-electron chi connectivity index (χ2n) is 10.9. The van der Waals surface area contributed by atoms with Crippen molar-refractivity contribution in [2.75, 3.05) is 26.2 Å². The first-order chi connectivity index (χ1) is 14.2. The lowest BCUT2D eigenvalue weighted by molar-refractivity contribution is 0.299. The molecule has 0 aromatic heterocycles. The molecule has 1 aromatic rings. The molecular weight excluding hydrogens is 402 g/mol. The van der Waals surface area contributed by atoms with Gasteiger partial charge in [0.15, 0.2) is 0 Å². The molecule has 0 radical (unpaired) electrons. The van der Waals surface area contributed by atoms with Crippen LogP contribution in [0, 0.1) is 11.8 Å². The molecule has 0 bridgehead atoms. The van der Waals surface area contributed by atoms with Crippen molar-refractivity contribution < 1.29 is 0 Å². The van der Waals surface area contributed by atoms with Gasteiger partial charge < -0.3 is 10.6 Å². The van der Waals surface area contributed by atoms with E-state index in [0.717, 1.165) is 13.1 Å². The Balaban J connectivity index is 2.05. The SMILES string of the molecule is CCC(C)(C)P(Cc1ccccc1C(P)(C1CCNC1)C1CCNC1)C(C)(C)CC. The van der Waals surface area contributed by atoms with Crippen LogP contribution in [0.25, 0.3) is 0 Å². The van der Waals surface area contributed by atoms with E-state index in [2.05, 4.69) is 85.7 Å². The van der Waals surface area contributed by atoms with E-state index in [1.54, 1.807) is 11.1 Å². The standard InChI is InChI=1S/C26H46N2P2/c1-7-24(3,4)30(25(5,6)8-2)19-20-11-9-10-12-23(20)26(29,21-13-15-27-17-21)22-14-16-28-18-22/h9-12,21-22,27-28H,7-8,13-19,29H2,1-6H3. The number of hydrogen-bond acceptors (Lipinski definition) is 2. The molecule has 3 rings (SSSR count). The van der Waals surface area contributed by atoms with Crippen molar-refractivity contribution in [2.24, 2.45) is 11.8 Å². The average molecular weight is 449 g/mol. The van der Waals surface area contributed by atoms with Crippen LogP contribution in [0.15, 0.2) is 24.3 Å². The summed E-state index contributed by atoms with van der Waals surface area (Å²) in [7, 11) is 3.28. The molecule has 30 heavy (non-hydrogen) atoms. The van der Waals surface area contributed by atoms with Crippen molar-refractivity contribution in [3.05, 3.63) is 35.4 Å². The molecule has 0 aliphatic carbocycles. The third-order valence-electron chi connectivity index (χ3n) is 8.48. The van der Waals surface area contributed by atoms with Crippen molar-refractivity contribution in [3.63, 3.8) is 0 Å². The normalized spacial score (nSPS) is 25.1. The first-order valence-corrected chi connectivity index (χ1v) is 14.3. The molecule has 2 N–H and O–H groups in total. The van der Waals surface area contributed by atoms with E-state index in [1.165, 1.54) is 44.9 Å². The van der Waals surface area contributed by atoms with Gasteiger partial charge >= 0.3 is 0 Å². The van der Waals surface area contributed by atoms with Gasteiger partial charge in [-0.2, -0.15) is 0 Å². The largest absolute Gasteiger partial charge is 0.316 e. The topological polar surface area (TPSA) is 24.1 Å². The van der Waals surface area contributed by atoms with Gasteiger partial charge in [-0.1, -0.05) is 73.7 Å². The lowest BCUT2D eigenvalue weighted by atomic mass is 9.73. The Labute approximate surface area is 190 Å². The van der Waals surface area contributed by atoms with Crippen molar-refractivity contribution in [1.29, 1.82) is 0 Å². The van der Waals surface area contributed by atoms with Gasteiger partial charge in [0, 0.05) is 5.16 Å². The highest BCUT2D eigenvalue weighted by atomic mass is 31.1. The molecule has 3 unspecified atom stereocenters. The van der Waals surface area contributed by atoms with Gasteiger partial charge in [0.25, 0.3) is 0 Å². The second kappa shape index (κ2) is 9.87. The molecule has 2 nitrogen and oxygen atoms in total. The van der Waals surface area contributed by atoms with Gasteiger partial charge in [0.1, 0.15) is 0 Å². The van der Waals surface area contributed by atoms with E-state index in [4.69, 9.17) is 0 Å². The number of hydrogen-bond donors (Lipinski definition) is 2. The van der Waals surface area contributed by atoms with Gasteiger partial charge in [-0.3, -0.25) is 0 Å². The number of rotatable bonds is 9. The molecule has 2 fully saturated rings. The quantitative estimate of drug-likeness (QED) is 0.431. The molecule has 4 heteroatoms. The molecule has 2 saturated heterocycles. The summed E-state index contributed by atoms with van der Waals surface area (Å²) in [5.74, 6) is 1.41. The van der Waals surface area contributed by atoms with E-state index < -0.39 is 0 Å². The first-order valence-electron chi connectivity index (χ1n) is 12.2. The Morgan fingerprint density at radius 1 is 0.900 bits per heavy atom. The predicted octanol–water partition coefficient (Wildman–Crippen LogP) is 6.34. The summed E-state index contributed by atoms with van der Waals surface area (Å²) in [5.41, 5.74) is 3.25. The number of nitrogens with one attached hydrogen (secondary N) is 2. The highest BCUT2D eigenvalue weighted by Crippen LogP contribution is 2.64. The van der Waals surface area contributed by atoms with Gasteiger partial charge in [-0.15, -0.1) is 9.24 Å². The second-order valence-corrected chi connectivity index (χ2v) is 15.4. The fraction of sp³-hybridized carbons (Fsp3) is 0.769. The van der Waals surface area contributed by atoms with E-state index in [-0.39, 0.29) is 13.1 Å². The minimum atomic E-state index is -0.152. The smallest absolute Gasteiger partial charge is 0.0181 e. The Kier molecular flexibility index (Phi) is 8.10. The van der Waals surface area contributed by atoms with Crippen LogP contribution >= 0.6 is 17.2 Å². The third-order valence-corrected chi connectivity index (χ3v) is 13.9. The average Bonchev–Trinajstić information content (AvgIpc) is 3.46. The molecule has 1 aromatic carbocycles. The fourth-order valence-corrected chi connectivity index (χ4v) is 10.5. The molecule has 2 aliphatic rings. The van der Waals surface area contributed by atoms with Crippen LogP contribution in [-0.2, 0) is 11.3 Å². The Bertz CT molecular complexity index is 656. The summed E-state index contributed by atoms with van der Waals surface area (Å²) in [6.07, 6.45) is 6.36. The Hall–Kier alpha value is -0.0000000000000000416. The summed E-state index contributed by atoms with van der Waals surface area (Å²) in [5, 5.41) is 8.31. The van der Waals surface area contributed by atoms with Gasteiger partial charge in [-0.25, -0.2) is 0 Å². The van der Waals surface area contributed by atoms with Crippen LogP contribution in [0.5, 0.6) is 0 Å². The van der Waals surface area contributed by atoms with E-state index >= 15 is 0 Å². The van der Waals surface area contributed by atoms with Crippen LogP contribution < -0.4 is 10.6 Å². The minimum Gasteiger partial charge on any atom is -0.316 e. The molecule has 0 amide bonds. The van der Waals surface area contributed by atoms with E-state index in [0.29, 0.717) is 22.1 Å². The van der Waals surface area contributed by atoms with E-state index in [1.807, 2.05) is 0 Å². The molecule has 0 spiro atoms. The Morgan fingerprint density at radius 3 is 1.83 bits per heavy atom. The van der Waals surface area contributed by atoms with Crippen molar-refractivity contribution >= 4 is 17.2 Å². The number of benzene rings is 1. The molecule has 2 heterocycles. The molecule has 170 valence electrons. The zero-order valence-electron chi connectivity index (χ0n) is 20.4. The highest BCUT2D eigenvalue weighted by molar-refractivity contribution is 7.60. The zero-order valence-corrected chi connectivity index (χ0v) is 22.4. The fourth-order valence-electron chi connectivity index (χ4n) is 5.78. The molecule has 0 saturated carbocycles. The van der Waals surface area contributed by atoms with Gasteiger partial charge in [0.2, 0.25) is 0 Å². The molecule has 2 aliphatic heterocycles. The predicted molar refractivity (Wildman–Crippen MR) is 139 cm³/mol. The molecular formula is C26H46N2P2. The third kappa shape index (κ3) is 4.83. The first kappa shape index (κ1) is 24.6. The van der Waals surface area contributed by atoms with E-state index in [9.17, 15) is 0 Å². The van der Waals surface area contributed by atoms with Crippen LogP contribution in [-0.4, -0.2) is 36.5 Å². The Morgan fingerprint density at radius 2 is 1.40 bits per heavy atom. The maximum Gasteiger partial charge on any atom is 0.0181 e. The summed E-state index contributed by atoms with van der Waals surface area (Å²) < 4.78 is 0. The van der Waals surface area contributed by atoms with Crippen LogP contribution in [0.3, 0.4) is 0 Å². The van der Waals surface area contributed by atoms with Crippen LogP contribution in [0.1, 0.15) is 78.4 Å². The van der Waals surface area contributed by atoms with Crippen LogP contribution in [0.2, 0.25) is 0 Å². The van der Waals surface area contributed by atoms with Crippen molar-refractivity contribution in [3.8, 4) is 0 Å². The lowest BCUT2D eigenvalue weighted by Crippen LogP contribution is -2.40. The van der Waals surface area contributed by atoms with Gasteiger partial charge in [0.05, 0.1) is 0 Å². The highest BCUT2D eigenvalue weighted by Gasteiger charge is 2.47. The summed E-state index contributed by atoms with van der Waals surface area (Å²) >= 11 is 0. The van der Waals surface area contributed by atoms with Crippen molar-refractivity contribution in [2.45, 2.75) is 88.9 Å². The molecule has 3 atom stereocenters. The minimum absolute atomic E-state index is 0.152. The van der Waals surface area contributed by atoms with Crippen LogP contribution in [0.4, 0.5) is 0 Å². The van der Waals surface area contributed by atoms with Gasteiger partial charge in [-0.05, 0) is 91.3 Å². The lowest BCUT2D eigenvalue weighted by Gasteiger charge is -2.47. The zero-order chi connectivity index (χ0) is 22.0. The summed E-state index contributed by atoms with van der Waals surface area (Å²) in [6, 6.07) is 9.52. The maximum atomic E-state index is 3.67. The van der Waals surface area contributed by atoms with Crippen molar-refractivity contribution in [1.82, 2.24) is 10.6 Å². The maximum absolute atomic E-state index is 3.67. The monoisotopic (exact) mass is 448 g/mol.